The Morgan fingerprint density at radius 3 is 2.17 bits per heavy atom. The van der Waals surface area contributed by atoms with Gasteiger partial charge in [0.2, 0.25) is 5.91 Å². The smallest absolute Gasteiger partial charge is 0.343 e. The Hall–Kier alpha value is -2.12. The summed E-state index contributed by atoms with van der Waals surface area (Å²) >= 11 is 0. The summed E-state index contributed by atoms with van der Waals surface area (Å²) < 4.78 is 50.2. The number of rotatable bonds is 3. The van der Waals surface area contributed by atoms with Gasteiger partial charge in [-0.1, -0.05) is 20.8 Å². The van der Waals surface area contributed by atoms with Gasteiger partial charge >= 0.3 is 6.18 Å². The molecule has 1 rings (SSSR count). The van der Waals surface area contributed by atoms with E-state index in [4.69, 9.17) is 0 Å². The molecule has 0 bridgehead atoms. The molecule has 1 aromatic rings. The molecule has 0 atom stereocenters. The van der Waals surface area contributed by atoms with Crippen molar-refractivity contribution in [3.63, 3.8) is 0 Å². The van der Waals surface area contributed by atoms with Crippen LogP contribution in [0, 0.1) is 18.2 Å². The van der Waals surface area contributed by atoms with Gasteiger partial charge < -0.3 is 10.6 Å². The van der Waals surface area contributed by atoms with Crippen LogP contribution in [0.5, 0.6) is 0 Å². The highest BCUT2D eigenvalue weighted by molar-refractivity contribution is 5.99. The number of nitrogens with one attached hydrogen (secondary N) is 2. The van der Waals surface area contributed by atoms with Gasteiger partial charge in [-0.25, -0.2) is 4.39 Å². The SMILES string of the molecule is Cc1c(F)cc(C(=O)NCC(F)(F)F)cc1NC(=O)C(C)(C)C. The second-order valence-corrected chi connectivity index (χ2v) is 6.13. The van der Waals surface area contributed by atoms with Gasteiger partial charge in [0.25, 0.3) is 5.91 Å². The standard InChI is InChI=1S/C15H18F4N2O2/c1-8-10(16)5-9(12(22)20-7-15(17,18)19)6-11(8)21-13(23)14(2,3)4/h5-6H,7H2,1-4H3,(H,20,22)(H,21,23). The van der Waals surface area contributed by atoms with Crippen molar-refractivity contribution in [2.24, 2.45) is 5.41 Å². The lowest BCUT2D eigenvalue weighted by molar-refractivity contribution is -0.123. The van der Waals surface area contributed by atoms with Crippen LogP contribution >= 0.6 is 0 Å². The number of anilines is 1. The first-order chi connectivity index (χ1) is 10.3. The summed E-state index contributed by atoms with van der Waals surface area (Å²) in [7, 11) is 0. The van der Waals surface area contributed by atoms with Crippen LogP contribution < -0.4 is 10.6 Å². The molecule has 0 spiro atoms. The molecule has 2 amide bonds. The summed E-state index contributed by atoms with van der Waals surface area (Å²) in [5.41, 5.74) is -0.920. The maximum absolute atomic E-state index is 13.9. The third-order valence-electron chi connectivity index (χ3n) is 2.99. The fraction of sp³-hybridized carbons (Fsp3) is 0.467. The van der Waals surface area contributed by atoms with Crippen molar-refractivity contribution in [1.29, 1.82) is 0 Å². The molecule has 0 fully saturated rings. The van der Waals surface area contributed by atoms with E-state index in [9.17, 15) is 27.2 Å². The van der Waals surface area contributed by atoms with Gasteiger partial charge in [-0.3, -0.25) is 9.59 Å². The van der Waals surface area contributed by atoms with Crippen molar-refractivity contribution >= 4 is 17.5 Å². The molecule has 0 saturated carbocycles. The van der Waals surface area contributed by atoms with Gasteiger partial charge in [-0.15, -0.1) is 0 Å². The van der Waals surface area contributed by atoms with E-state index in [0.29, 0.717) is 0 Å². The van der Waals surface area contributed by atoms with Gasteiger partial charge in [0.05, 0.1) is 0 Å². The zero-order valence-electron chi connectivity index (χ0n) is 13.2. The number of amides is 2. The number of carbonyl (C=O) groups is 2. The van der Waals surface area contributed by atoms with Crippen molar-refractivity contribution in [1.82, 2.24) is 5.32 Å². The molecule has 0 heterocycles. The quantitative estimate of drug-likeness (QED) is 0.832. The lowest BCUT2D eigenvalue weighted by Gasteiger charge is -2.19. The van der Waals surface area contributed by atoms with E-state index in [1.807, 2.05) is 0 Å². The number of carbonyl (C=O) groups excluding carboxylic acids is 2. The number of hydrogen-bond donors (Lipinski definition) is 2. The van der Waals surface area contributed by atoms with Crippen LogP contribution in [0.3, 0.4) is 0 Å². The predicted octanol–water partition coefficient (Wildman–Crippen LogP) is 3.41. The molecule has 2 N–H and O–H groups in total. The lowest BCUT2D eigenvalue weighted by atomic mass is 9.95. The van der Waals surface area contributed by atoms with Crippen LogP contribution in [0.1, 0.15) is 36.7 Å². The first-order valence-electron chi connectivity index (χ1n) is 6.78. The Bertz CT molecular complexity index is 619. The van der Waals surface area contributed by atoms with Gasteiger partial charge in [0.15, 0.2) is 0 Å². The average Bonchev–Trinajstić information content (AvgIpc) is 2.38. The molecule has 0 aliphatic carbocycles. The number of benzene rings is 1. The predicted molar refractivity (Wildman–Crippen MR) is 77.6 cm³/mol. The van der Waals surface area contributed by atoms with Crippen LogP contribution in [-0.4, -0.2) is 24.5 Å². The highest BCUT2D eigenvalue weighted by atomic mass is 19.4. The Balaban J connectivity index is 3.04. The molecule has 0 radical (unpaired) electrons. The van der Waals surface area contributed by atoms with Gasteiger partial charge in [-0.2, -0.15) is 13.2 Å². The molecule has 1 aromatic carbocycles. The zero-order valence-corrected chi connectivity index (χ0v) is 13.2. The van der Waals surface area contributed by atoms with Crippen LogP contribution in [0.15, 0.2) is 12.1 Å². The van der Waals surface area contributed by atoms with E-state index in [-0.39, 0.29) is 16.8 Å². The van der Waals surface area contributed by atoms with Crippen molar-refractivity contribution in [2.45, 2.75) is 33.9 Å². The molecule has 0 aliphatic heterocycles. The fourth-order valence-electron chi connectivity index (χ4n) is 1.53. The molecule has 0 aromatic heterocycles. The second-order valence-electron chi connectivity index (χ2n) is 6.13. The minimum absolute atomic E-state index is 0.0436. The van der Waals surface area contributed by atoms with Crippen molar-refractivity contribution in [3.05, 3.63) is 29.1 Å². The molecule has 4 nitrogen and oxygen atoms in total. The monoisotopic (exact) mass is 334 g/mol. The van der Waals surface area contributed by atoms with Crippen molar-refractivity contribution in [3.8, 4) is 0 Å². The summed E-state index contributed by atoms with van der Waals surface area (Å²) in [4.78, 5) is 23.7. The van der Waals surface area contributed by atoms with E-state index >= 15 is 0 Å². The Kier molecular flexibility index (Phi) is 5.39. The molecular weight excluding hydrogens is 316 g/mol. The van der Waals surface area contributed by atoms with E-state index in [1.165, 1.54) is 6.92 Å². The van der Waals surface area contributed by atoms with Gasteiger partial charge in [0, 0.05) is 22.2 Å². The summed E-state index contributed by atoms with van der Waals surface area (Å²) in [5, 5.41) is 4.13. The molecule has 0 saturated heterocycles. The molecule has 8 heteroatoms. The topological polar surface area (TPSA) is 58.2 Å². The summed E-state index contributed by atoms with van der Waals surface area (Å²) in [6, 6.07) is 1.97. The minimum atomic E-state index is -4.57. The van der Waals surface area contributed by atoms with E-state index in [2.05, 4.69) is 5.32 Å². The van der Waals surface area contributed by atoms with Crippen molar-refractivity contribution in [2.75, 3.05) is 11.9 Å². The summed E-state index contributed by atoms with van der Waals surface area (Å²) in [6.07, 6.45) is -4.57. The largest absolute Gasteiger partial charge is 0.405 e. The average molecular weight is 334 g/mol. The van der Waals surface area contributed by atoms with Crippen molar-refractivity contribution < 1.29 is 27.2 Å². The van der Waals surface area contributed by atoms with Crippen LogP contribution in [-0.2, 0) is 4.79 Å². The Labute approximate surface area is 131 Å². The highest BCUT2D eigenvalue weighted by Gasteiger charge is 2.28. The molecule has 128 valence electrons. The van der Waals surface area contributed by atoms with E-state index < -0.39 is 35.8 Å². The van der Waals surface area contributed by atoms with Gasteiger partial charge in [0.1, 0.15) is 12.4 Å². The first-order valence-corrected chi connectivity index (χ1v) is 6.78. The molecule has 0 aliphatic rings. The van der Waals surface area contributed by atoms with Crippen LogP contribution in [0.25, 0.3) is 0 Å². The third kappa shape index (κ3) is 5.54. The molecular formula is C15H18F4N2O2. The molecule has 0 unspecified atom stereocenters. The zero-order chi connectivity index (χ0) is 18.0. The Morgan fingerprint density at radius 1 is 1.13 bits per heavy atom. The number of hydrogen-bond acceptors (Lipinski definition) is 2. The second kappa shape index (κ2) is 6.55. The highest BCUT2D eigenvalue weighted by Crippen LogP contribution is 2.24. The number of alkyl halides is 3. The minimum Gasteiger partial charge on any atom is -0.343 e. The van der Waals surface area contributed by atoms with E-state index in [1.54, 1.807) is 26.1 Å². The summed E-state index contributed by atoms with van der Waals surface area (Å²) in [5.74, 6) is -2.28. The van der Waals surface area contributed by atoms with Crippen LogP contribution in [0.4, 0.5) is 23.2 Å². The maximum Gasteiger partial charge on any atom is 0.405 e. The Morgan fingerprint density at radius 2 is 1.70 bits per heavy atom. The van der Waals surface area contributed by atoms with Crippen LogP contribution in [0.2, 0.25) is 0 Å². The third-order valence-corrected chi connectivity index (χ3v) is 2.99. The fourth-order valence-corrected chi connectivity index (χ4v) is 1.53. The number of halogens is 4. The first kappa shape index (κ1) is 18.9. The lowest BCUT2D eigenvalue weighted by Crippen LogP contribution is -2.34. The molecule has 23 heavy (non-hydrogen) atoms. The maximum atomic E-state index is 13.9. The van der Waals surface area contributed by atoms with E-state index in [0.717, 1.165) is 12.1 Å². The van der Waals surface area contributed by atoms with Gasteiger partial charge in [-0.05, 0) is 19.1 Å². The summed E-state index contributed by atoms with van der Waals surface area (Å²) in [6.45, 7) is 4.81. The normalized spacial score (nSPS) is 12.0.